The van der Waals surface area contributed by atoms with Crippen LogP contribution in [-0.2, 0) is 6.54 Å². The third kappa shape index (κ3) is 6.20. The first-order valence-electron chi connectivity index (χ1n) is 9.60. The maximum Gasteiger partial charge on any atom is 0.203 e. The molecule has 0 aromatic heterocycles. The van der Waals surface area contributed by atoms with Gasteiger partial charge in [-0.05, 0) is 57.0 Å². The third-order valence-corrected chi connectivity index (χ3v) is 4.77. The number of aliphatic imine (C=N–C) groups is 1. The number of rotatable bonds is 8. The van der Waals surface area contributed by atoms with Crippen molar-refractivity contribution in [2.45, 2.75) is 26.3 Å². The Morgan fingerprint density at radius 2 is 1.85 bits per heavy atom. The second-order valence-corrected chi connectivity index (χ2v) is 6.88. The van der Waals surface area contributed by atoms with Gasteiger partial charge in [-0.25, -0.2) is 4.99 Å². The van der Waals surface area contributed by atoms with Crippen LogP contribution in [-0.4, -0.2) is 65.4 Å². The molecule has 1 atom stereocenters. The lowest BCUT2D eigenvalue weighted by Crippen LogP contribution is -2.43. The number of nitrogens with one attached hydrogen (secondary N) is 2. The molecule has 1 aliphatic rings. The summed E-state index contributed by atoms with van der Waals surface area (Å²) in [5.41, 5.74) is 0.999. The van der Waals surface area contributed by atoms with Crippen LogP contribution in [0.1, 0.15) is 25.3 Å². The zero-order chi connectivity index (χ0) is 19.6. The van der Waals surface area contributed by atoms with Crippen LogP contribution in [0.25, 0.3) is 0 Å². The van der Waals surface area contributed by atoms with Gasteiger partial charge in [-0.1, -0.05) is 0 Å². The van der Waals surface area contributed by atoms with Gasteiger partial charge in [-0.3, -0.25) is 0 Å². The molecule has 1 fully saturated rings. The fraction of sp³-hybridized carbons (Fsp3) is 0.650. The van der Waals surface area contributed by atoms with E-state index in [2.05, 4.69) is 29.5 Å². The van der Waals surface area contributed by atoms with Gasteiger partial charge >= 0.3 is 0 Å². The molecule has 1 saturated heterocycles. The van der Waals surface area contributed by atoms with E-state index < -0.39 is 0 Å². The maximum absolute atomic E-state index is 5.42. The molecule has 0 amide bonds. The Labute approximate surface area is 163 Å². The third-order valence-electron chi connectivity index (χ3n) is 4.77. The molecule has 7 nitrogen and oxygen atoms in total. The summed E-state index contributed by atoms with van der Waals surface area (Å²) in [6.07, 6.45) is 2.53. The number of nitrogens with zero attached hydrogens (tertiary/aromatic N) is 2. The minimum atomic E-state index is 0.524. The van der Waals surface area contributed by atoms with Crippen LogP contribution in [0.5, 0.6) is 17.2 Å². The first kappa shape index (κ1) is 21.2. The SMILES string of the molecule is CCNC(=NCc1cc(OC)c(OC)c(OC)c1)NCC1CCCN(C)C1. The number of guanidine groups is 1. The highest BCUT2D eigenvalue weighted by molar-refractivity contribution is 5.79. The van der Waals surface area contributed by atoms with Crippen molar-refractivity contribution in [1.82, 2.24) is 15.5 Å². The lowest BCUT2D eigenvalue weighted by molar-refractivity contribution is 0.210. The Morgan fingerprint density at radius 1 is 1.15 bits per heavy atom. The van der Waals surface area contributed by atoms with Crippen molar-refractivity contribution < 1.29 is 14.2 Å². The number of hydrogen-bond donors (Lipinski definition) is 2. The number of benzene rings is 1. The predicted molar refractivity (Wildman–Crippen MR) is 109 cm³/mol. The summed E-state index contributed by atoms with van der Waals surface area (Å²) in [4.78, 5) is 7.12. The molecular formula is C20H34N4O3. The molecule has 2 rings (SSSR count). The normalized spacial score (nSPS) is 18.1. The molecule has 0 bridgehead atoms. The monoisotopic (exact) mass is 378 g/mol. The summed E-state index contributed by atoms with van der Waals surface area (Å²) in [6, 6.07) is 3.87. The van der Waals surface area contributed by atoms with Crippen molar-refractivity contribution in [1.29, 1.82) is 0 Å². The van der Waals surface area contributed by atoms with Gasteiger partial charge in [0, 0.05) is 19.6 Å². The minimum absolute atomic E-state index is 0.524. The predicted octanol–water partition coefficient (Wildman–Crippen LogP) is 2.11. The van der Waals surface area contributed by atoms with Gasteiger partial charge < -0.3 is 29.7 Å². The van der Waals surface area contributed by atoms with E-state index in [9.17, 15) is 0 Å². The zero-order valence-corrected chi connectivity index (χ0v) is 17.3. The first-order valence-corrected chi connectivity index (χ1v) is 9.60. The van der Waals surface area contributed by atoms with E-state index in [1.807, 2.05) is 12.1 Å². The molecule has 0 aliphatic carbocycles. The summed E-state index contributed by atoms with van der Waals surface area (Å²) in [5, 5.41) is 6.81. The van der Waals surface area contributed by atoms with Gasteiger partial charge in [0.25, 0.3) is 0 Å². The molecule has 1 heterocycles. The average molecular weight is 379 g/mol. The molecule has 1 aromatic rings. The van der Waals surface area contributed by atoms with Gasteiger partial charge in [0.1, 0.15) is 0 Å². The van der Waals surface area contributed by atoms with Crippen molar-refractivity contribution in [2.75, 3.05) is 54.6 Å². The summed E-state index contributed by atoms with van der Waals surface area (Å²) in [5.74, 6) is 3.38. The fourth-order valence-corrected chi connectivity index (χ4v) is 3.42. The fourth-order valence-electron chi connectivity index (χ4n) is 3.42. The van der Waals surface area contributed by atoms with Crippen LogP contribution < -0.4 is 24.8 Å². The zero-order valence-electron chi connectivity index (χ0n) is 17.3. The van der Waals surface area contributed by atoms with Gasteiger partial charge in [-0.15, -0.1) is 0 Å². The Kier molecular flexibility index (Phi) is 8.51. The number of ether oxygens (including phenoxy) is 3. The van der Waals surface area contributed by atoms with E-state index in [1.54, 1.807) is 21.3 Å². The van der Waals surface area contributed by atoms with Gasteiger partial charge in [0.05, 0.1) is 27.9 Å². The molecule has 0 spiro atoms. The summed E-state index contributed by atoms with van der Waals surface area (Å²) in [6.45, 7) is 6.70. The van der Waals surface area contributed by atoms with Crippen LogP contribution >= 0.6 is 0 Å². The van der Waals surface area contributed by atoms with Crippen LogP contribution in [0.4, 0.5) is 0 Å². The van der Waals surface area contributed by atoms with Crippen molar-refractivity contribution in [3.05, 3.63) is 17.7 Å². The number of hydrogen-bond acceptors (Lipinski definition) is 5. The Bertz CT molecular complexity index is 596. The van der Waals surface area contributed by atoms with Gasteiger partial charge in [-0.2, -0.15) is 0 Å². The first-order chi connectivity index (χ1) is 13.1. The largest absolute Gasteiger partial charge is 0.493 e. The molecule has 1 aliphatic heterocycles. The highest BCUT2D eigenvalue weighted by Gasteiger charge is 2.17. The summed E-state index contributed by atoms with van der Waals surface area (Å²) >= 11 is 0. The molecule has 0 saturated carbocycles. The molecule has 27 heavy (non-hydrogen) atoms. The van der Waals surface area contributed by atoms with E-state index in [1.165, 1.54) is 19.4 Å². The van der Waals surface area contributed by atoms with Gasteiger partial charge in [0.15, 0.2) is 17.5 Å². The Balaban J connectivity index is 2.05. The van der Waals surface area contributed by atoms with Crippen molar-refractivity contribution >= 4 is 5.96 Å². The van der Waals surface area contributed by atoms with E-state index in [4.69, 9.17) is 19.2 Å². The van der Waals surface area contributed by atoms with Crippen LogP contribution in [0.2, 0.25) is 0 Å². The molecule has 152 valence electrons. The number of piperidine rings is 1. The Morgan fingerprint density at radius 3 is 2.41 bits per heavy atom. The van der Waals surface area contributed by atoms with Crippen molar-refractivity contribution in [2.24, 2.45) is 10.9 Å². The minimum Gasteiger partial charge on any atom is -0.493 e. The van der Waals surface area contributed by atoms with E-state index >= 15 is 0 Å². The van der Waals surface area contributed by atoms with Crippen LogP contribution in [0.3, 0.4) is 0 Å². The molecule has 1 unspecified atom stereocenters. The van der Waals surface area contributed by atoms with E-state index in [-0.39, 0.29) is 0 Å². The topological polar surface area (TPSA) is 67.4 Å². The van der Waals surface area contributed by atoms with E-state index in [0.717, 1.165) is 31.2 Å². The van der Waals surface area contributed by atoms with E-state index in [0.29, 0.717) is 29.7 Å². The molecule has 1 aromatic carbocycles. The lowest BCUT2D eigenvalue weighted by atomic mass is 9.99. The maximum atomic E-state index is 5.42. The van der Waals surface area contributed by atoms with Crippen LogP contribution in [0, 0.1) is 5.92 Å². The second-order valence-electron chi connectivity index (χ2n) is 6.88. The number of methoxy groups -OCH3 is 3. The van der Waals surface area contributed by atoms with Crippen molar-refractivity contribution in [3.63, 3.8) is 0 Å². The number of likely N-dealkylation sites (tertiary alicyclic amines) is 1. The smallest absolute Gasteiger partial charge is 0.203 e. The standard InChI is InChI=1S/C20H34N4O3/c1-6-21-20(22-12-15-8-7-9-24(2)14-15)23-13-16-10-17(25-3)19(27-5)18(11-16)26-4/h10-11,15H,6-9,12-14H2,1-5H3,(H2,21,22,23). The van der Waals surface area contributed by atoms with Crippen LogP contribution in [0.15, 0.2) is 17.1 Å². The molecule has 0 radical (unpaired) electrons. The van der Waals surface area contributed by atoms with Gasteiger partial charge in [0.2, 0.25) is 5.75 Å². The lowest BCUT2D eigenvalue weighted by Gasteiger charge is -2.30. The summed E-state index contributed by atoms with van der Waals surface area (Å²) < 4.78 is 16.2. The second kappa shape index (κ2) is 10.9. The highest BCUT2D eigenvalue weighted by Crippen LogP contribution is 2.38. The quantitative estimate of drug-likeness (QED) is 0.533. The average Bonchev–Trinajstić information content (AvgIpc) is 2.69. The summed E-state index contributed by atoms with van der Waals surface area (Å²) in [7, 11) is 7.04. The molecule has 2 N–H and O–H groups in total. The highest BCUT2D eigenvalue weighted by atomic mass is 16.5. The molecular weight excluding hydrogens is 344 g/mol. The molecule has 7 heteroatoms. The Hall–Kier alpha value is -2.15. The van der Waals surface area contributed by atoms with Crippen molar-refractivity contribution in [3.8, 4) is 17.2 Å².